The molecule has 1 aromatic carbocycles. The summed E-state index contributed by atoms with van der Waals surface area (Å²) in [7, 11) is 0. The SMILES string of the molecule is CC1C(O)CN(C(=O)OCCCc2ccccc2)[C@@H]1C(=O)O. The summed E-state index contributed by atoms with van der Waals surface area (Å²) in [5.41, 5.74) is 1.16. The van der Waals surface area contributed by atoms with Crippen LogP contribution in [0.3, 0.4) is 0 Å². The molecule has 0 aromatic heterocycles. The Bertz CT molecular complexity index is 519. The molecular weight excluding hydrogens is 286 g/mol. The minimum Gasteiger partial charge on any atom is -0.480 e. The van der Waals surface area contributed by atoms with Crippen molar-refractivity contribution in [1.82, 2.24) is 4.90 Å². The van der Waals surface area contributed by atoms with Crippen molar-refractivity contribution in [2.45, 2.75) is 31.9 Å². The lowest BCUT2D eigenvalue weighted by molar-refractivity contribution is -0.143. The van der Waals surface area contributed by atoms with Gasteiger partial charge in [-0.25, -0.2) is 9.59 Å². The number of benzene rings is 1. The Morgan fingerprint density at radius 2 is 2.00 bits per heavy atom. The molecule has 0 aliphatic carbocycles. The molecule has 1 aliphatic rings. The van der Waals surface area contributed by atoms with Crippen molar-refractivity contribution >= 4 is 12.1 Å². The van der Waals surface area contributed by atoms with Gasteiger partial charge >= 0.3 is 12.1 Å². The molecule has 1 saturated heterocycles. The van der Waals surface area contributed by atoms with Gasteiger partial charge in [-0.05, 0) is 18.4 Å². The maximum Gasteiger partial charge on any atom is 0.410 e. The average Bonchev–Trinajstić information content (AvgIpc) is 2.80. The summed E-state index contributed by atoms with van der Waals surface area (Å²) < 4.78 is 5.14. The number of rotatable bonds is 5. The van der Waals surface area contributed by atoms with Gasteiger partial charge in [0.15, 0.2) is 0 Å². The lowest BCUT2D eigenvalue weighted by Gasteiger charge is -2.22. The predicted octanol–water partition coefficient (Wildman–Crippen LogP) is 1.52. The van der Waals surface area contributed by atoms with Crippen LogP contribution in [0.1, 0.15) is 18.9 Å². The van der Waals surface area contributed by atoms with Crippen LogP contribution >= 0.6 is 0 Å². The molecule has 120 valence electrons. The molecule has 2 unspecified atom stereocenters. The molecule has 1 aromatic rings. The van der Waals surface area contributed by atoms with Gasteiger partial charge in [0.25, 0.3) is 0 Å². The number of nitrogens with zero attached hydrogens (tertiary/aromatic N) is 1. The van der Waals surface area contributed by atoms with Crippen LogP contribution in [0.5, 0.6) is 0 Å². The van der Waals surface area contributed by atoms with Crippen molar-refractivity contribution in [2.75, 3.05) is 13.2 Å². The molecule has 1 aliphatic heterocycles. The summed E-state index contributed by atoms with van der Waals surface area (Å²) in [6.45, 7) is 1.84. The molecule has 6 heteroatoms. The lowest BCUT2D eigenvalue weighted by Crippen LogP contribution is -2.43. The number of β-amino-alcohol motifs (C(OH)–C–C–N with tert-alkyl or cyclic N) is 1. The zero-order chi connectivity index (χ0) is 16.1. The van der Waals surface area contributed by atoms with E-state index in [0.717, 1.165) is 16.9 Å². The van der Waals surface area contributed by atoms with Crippen molar-refractivity contribution in [3.05, 3.63) is 35.9 Å². The molecule has 0 radical (unpaired) electrons. The van der Waals surface area contributed by atoms with E-state index in [1.54, 1.807) is 6.92 Å². The first kappa shape index (κ1) is 16.3. The number of carboxylic acids is 1. The molecule has 0 bridgehead atoms. The van der Waals surface area contributed by atoms with Crippen molar-refractivity contribution in [2.24, 2.45) is 5.92 Å². The van der Waals surface area contributed by atoms with Gasteiger partial charge in [0.05, 0.1) is 19.3 Å². The molecular formula is C16H21NO5. The topological polar surface area (TPSA) is 87.1 Å². The van der Waals surface area contributed by atoms with Crippen LogP contribution in [0.2, 0.25) is 0 Å². The van der Waals surface area contributed by atoms with E-state index in [0.29, 0.717) is 6.42 Å². The van der Waals surface area contributed by atoms with Crippen molar-refractivity contribution in [3.8, 4) is 0 Å². The third-order valence-electron chi connectivity index (χ3n) is 3.99. The highest BCUT2D eigenvalue weighted by molar-refractivity contribution is 5.81. The number of aryl methyl sites for hydroxylation is 1. The van der Waals surface area contributed by atoms with Gasteiger partial charge in [-0.15, -0.1) is 0 Å². The second-order valence-corrected chi connectivity index (χ2v) is 5.57. The summed E-state index contributed by atoms with van der Waals surface area (Å²) in [5.74, 6) is -1.63. The minimum atomic E-state index is -1.12. The first-order chi connectivity index (χ1) is 10.5. The second-order valence-electron chi connectivity index (χ2n) is 5.57. The van der Waals surface area contributed by atoms with E-state index < -0.39 is 30.1 Å². The van der Waals surface area contributed by atoms with E-state index in [4.69, 9.17) is 4.74 Å². The fourth-order valence-corrected chi connectivity index (χ4v) is 2.69. The van der Waals surface area contributed by atoms with Gasteiger partial charge in [0, 0.05) is 5.92 Å². The Kier molecular flexibility index (Phi) is 5.38. The summed E-state index contributed by atoms with van der Waals surface area (Å²) in [6, 6.07) is 8.81. The van der Waals surface area contributed by atoms with Gasteiger partial charge in [0.1, 0.15) is 6.04 Å². The minimum absolute atomic E-state index is 0.00431. The molecule has 22 heavy (non-hydrogen) atoms. The van der Waals surface area contributed by atoms with Crippen LogP contribution in [-0.4, -0.2) is 52.5 Å². The smallest absolute Gasteiger partial charge is 0.410 e. The Morgan fingerprint density at radius 3 is 2.64 bits per heavy atom. The number of aliphatic carboxylic acids is 1. The molecule has 3 atom stereocenters. The number of aliphatic hydroxyl groups is 1. The number of ether oxygens (including phenoxy) is 1. The van der Waals surface area contributed by atoms with E-state index in [1.165, 1.54) is 0 Å². The highest BCUT2D eigenvalue weighted by atomic mass is 16.6. The molecule has 6 nitrogen and oxygen atoms in total. The van der Waals surface area contributed by atoms with Gasteiger partial charge in [-0.3, -0.25) is 4.90 Å². The quantitative estimate of drug-likeness (QED) is 0.805. The first-order valence-corrected chi connectivity index (χ1v) is 7.39. The summed E-state index contributed by atoms with van der Waals surface area (Å²) in [4.78, 5) is 24.3. The van der Waals surface area contributed by atoms with E-state index in [-0.39, 0.29) is 13.2 Å². The van der Waals surface area contributed by atoms with Crippen LogP contribution in [0.15, 0.2) is 30.3 Å². The summed E-state index contributed by atoms with van der Waals surface area (Å²) >= 11 is 0. The monoisotopic (exact) mass is 307 g/mol. The summed E-state index contributed by atoms with van der Waals surface area (Å²) in [5, 5.41) is 18.9. The molecule has 0 saturated carbocycles. The van der Waals surface area contributed by atoms with Crippen molar-refractivity contribution < 1.29 is 24.5 Å². The number of carbonyl (C=O) groups excluding carboxylic acids is 1. The zero-order valence-electron chi connectivity index (χ0n) is 12.5. The number of likely N-dealkylation sites (tertiary alicyclic amines) is 1. The highest BCUT2D eigenvalue weighted by Crippen LogP contribution is 2.25. The number of amides is 1. The average molecular weight is 307 g/mol. The third-order valence-corrected chi connectivity index (χ3v) is 3.99. The Morgan fingerprint density at radius 1 is 1.32 bits per heavy atom. The van der Waals surface area contributed by atoms with E-state index in [9.17, 15) is 19.8 Å². The zero-order valence-corrected chi connectivity index (χ0v) is 12.5. The lowest BCUT2D eigenvalue weighted by atomic mass is 10.0. The second kappa shape index (κ2) is 7.26. The number of aliphatic hydroxyl groups excluding tert-OH is 1. The van der Waals surface area contributed by atoms with E-state index in [1.807, 2.05) is 30.3 Å². The van der Waals surface area contributed by atoms with Crippen LogP contribution < -0.4 is 0 Å². The predicted molar refractivity (Wildman–Crippen MR) is 79.4 cm³/mol. The van der Waals surface area contributed by atoms with Gasteiger partial charge in [-0.1, -0.05) is 37.3 Å². The molecule has 1 heterocycles. The van der Waals surface area contributed by atoms with Crippen LogP contribution in [0, 0.1) is 5.92 Å². The first-order valence-electron chi connectivity index (χ1n) is 7.39. The van der Waals surface area contributed by atoms with E-state index >= 15 is 0 Å². The molecule has 1 fully saturated rings. The maximum absolute atomic E-state index is 12.0. The van der Waals surface area contributed by atoms with E-state index in [2.05, 4.69) is 0 Å². The fourth-order valence-electron chi connectivity index (χ4n) is 2.69. The van der Waals surface area contributed by atoms with Crippen molar-refractivity contribution in [1.29, 1.82) is 0 Å². The van der Waals surface area contributed by atoms with Gasteiger partial charge in [0.2, 0.25) is 0 Å². The molecule has 1 amide bonds. The largest absolute Gasteiger partial charge is 0.480 e. The Hall–Kier alpha value is -2.08. The molecule has 2 rings (SSSR count). The maximum atomic E-state index is 12.0. The third kappa shape index (κ3) is 3.76. The van der Waals surface area contributed by atoms with Crippen LogP contribution in [0.25, 0.3) is 0 Å². The molecule has 0 spiro atoms. The number of hydrogen-bond acceptors (Lipinski definition) is 4. The van der Waals surface area contributed by atoms with Crippen LogP contribution in [-0.2, 0) is 16.0 Å². The standard InChI is InChI=1S/C16H21NO5/c1-11-13(18)10-17(14(11)15(19)20)16(21)22-9-5-8-12-6-3-2-4-7-12/h2-4,6-7,11,13-14,18H,5,8-10H2,1H3,(H,19,20)/t11?,13?,14-/m0/s1. The fraction of sp³-hybridized carbons (Fsp3) is 0.500. The Balaban J connectivity index is 1.80. The number of carboxylic acid groups (broad SMARTS) is 1. The number of carbonyl (C=O) groups is 2. The normalized spacial score (nSPS) is 24.3. The molecule has 2 N–H and O–H groups in total. The van der Waals surface area contributed by atoms with Crippen molar-refractivity contribution in [3.63, 3.8) is 0 Å². The number of hydrogen-bond donors (Lipinski definition) is 2. The Labute approximate surface area is 129 Å². The highest BCUT2D eigenvalue weighted by Gasteiger charge is 2.45. The summed E-state index contributed by atoms with van der Waals surface area (Å²) in [6.07, 6.45) is -0.0589. The van der Waals surface area contributed by atoms with Gasteiger partial charge in [-0.2, -0.15) is 0 Å². The van der Waals surface area contributed by atoms with Crippen LogP contribution in [0.4, 0.5) is 4.79 Å². The van der Waals surface area contributed by atoms with Gasteiger partial charge < -0.3 is 14.9 Å².